The average molecular weight is 326 g/mol. The van der Waals surface area contributed by atoms with Gasteiger partial charge in [-0.2, -0.15) is 4.99 Å². The monoisotopic (exact) mass is 326 g/mol. The number of carbonyl (C=O) groups is 1. The van der Waals surface area contributed by atoms with E-state index in [1.807, 2.05) is 36.2 Å². The third-order valence-electron chi connectivity index (χ3n) is 3.72. The normalized spacial score (nSPS) is 17.5. The first-order valence-electron chi connectivity index (χ1n) is 6.78. The molecule has 0 bridgehead atoms. The van der Waals surface area contributed by atoms with Gasteiger partial charge in [-0.15, -0.1) is 0 Å². The van der Waals surface area contributed by atoms with Crippen molar-refractivity contribution >= 4 is 45.7 Å². The van der Waals surface area contributed by atoms with E-state index in [0.717, 1.165) is 22.7 Å². The zero-order chi connectivity index (χ0) is 16.1. The van der Waals surface area contributed by atoms with Crippen LogP contribution in [0.4, 0.5) is 16.4 Å². The lowest BCUT2D eigenvalue weighted by molar-refractivity contribution is -0.380. The van der Waals surface area contributed by atoms with Crippen molar-refractivity contribution in [3.8, 4) is 0 Å². The van der Waals surface area contributed by atoms with E-state index >= 15 is 0 Å². The first-order chi connectivity index (χ1) is 11.1. The number of nitrogens with zero attached hydrogens (tertiary/aromatic N) is 4. The third kappa shape index (κ3) is 1.95. The molecule has 1 aromatic heterocycles. The molecule has 2 aliphatic rings. The molecule has 0 atom stereocenters. The van der Waals surface area contributed by atoms with Gasteiger partial charge in [0, 0.05) is 18.0 Å². The second-order valence-corrected chi connectivity index (χ2v) is 6.16. The molecule has 0 radical (unpaired) electrons. The zero-order valence-corrected chi connectivity index (χ0v) is 12.8. The summed E-state index contributed by atoms with van der Waals surface area (Å²) in [5, 5.41) is 10.8. The van der Waals surface area contributed by atoms with Gasteiger partial charge >= 0.3 is 5.00 Å². The molecule has 0 unspecified atom stereocenters. The number of hydrogen-bond donors (Lipinski definition) is 0. The van der Waals surface area contributed by atoms with Crippen LogP contribution < -0.4 is 9.80 Å². The number of fused-ring (bicyclic) bond motifs is 3. The van der Waals surface area contributed by atoms with Gasteiger partial charge in [-0.1, -0.05) is 23.5 Å². The first-order valence-corrected chi connectivity index (χ1v) is 7.60. The summed E-state index contributed by atoms with van der Waals surface area (Å²) in [6.07, 6.45) is 1.65. The Bertz CT molecular complexity index is 915. The molecule has 0 spiro atoms. The lowest BCUT2D eigenvalue weighted by Gasteiger charge is -2.14. The molecule has 0 fully saturated rings. The summed E-state index contributed by atoms with van der Waals surface area (Å²) >= 11 is 1.03. The van der Waals surface area contributed by atoms with E-state index in [9.17, 15) is 14.9 Å². The van der Waals surface area contributed by atoms with Gasteiger partial charge < -0.3 is 4.90 Å². The predicted molar refractivity (Wildman–Crippen MR) is 88.7 cm³/mol. The van der Waals surface area contributed by atoms with Crippen LogP contribution in [0.5, 0.6) is 0 Å². The number of benzene rings is 1. The molecule has 0 saturated heterocycles. The molecule has 7 nitrogen and oxygen atoms in total. The van der Waals surface area contributed by atoms with Crippen LogP contribution in [0.15, 0.2) is 47.1 Å². The lowest BCUT2D eigenvalue weighted by Crippen LogP contribution is -2.31. The first kappa shape index (κ1) is 13.6. The largest absolute Gasteiger partial charge is 0.324 e. The smallest absolute Gasteiger partial charge is 0.313 e. The van der Waals surface area contributed by atoms with E-state index in [-0.39, 0.29) is 10.9 Å². The highest BCUT2D eigenvalue weighted by Gasteiger charge is 2.40. The molecule has 1 amide bonds. The SMILES string of the molecule is CN1C2=NC(=O)C(=Cc3ccc([N+](=O)[O-])s3)N2c2ccccc21. The Labute approximate surface area is 134 Å². The highest BCUT2D eigenvalue weighted by atomic mass is 32.1. The third-order valence-corrected chi connectivity index (χ3v) is 4.70. The number of aliphatic imine (C=N–C) groups is 1. The van der Waals surface area contributed by atoms with Crippen LogP contribution >= 0.6 is 11.3 Å². The van der Waals surface area contributed by atoms with E-state index in [2.05, 4.69) is 4.99 Å². The van der Waals surface area contributed by atoms with E-state index in [4.69, 9.17) is 0 Å². The molecular formula is C15H10N4O3S. The number of para-hydroxylation sites is 2. The minimum Gasteiger partial charge on any atom is -0.313 e. The van der Waals surface area contributed by atoms with Gasteiger partial charge in [-0.05, 0) is 24.3 Å². The molecule has 114 valence electrons. The van der Waals surface area contributed by atoms with Gasteiger partial charge in [-0.25, -0.2) is 0 Å². The summed E-state index contributed by atoms with van der Waals surface area (Å²) < 4.78 is 0. The van der Waals surface area contributed by atoms with Crippen molar-refractivity contribution in [2.75, 3.05) is 16.8 Å². The van der Waals surface area contributed by atoms with Crippen molar-refractivity contribution in [3.05, 3.63) is 57.1 Å². The number of hydrogen-bond acceptors (Lipinski definition) is 6. The Morgan fingerprint density at radius 1 is 1.22 bits per heavy atom. The maximum atomic E-state index is 12.2. The van der Waals surface area contributed by atoms with E-state index in [0.29, 0.717) is 16.5 Å². The number of carbonyl (C=O) groups excluding carboxylic acids is 1. The lowest BCUT2D eigenvalue weighted by atomic mass is 10.2. The van der Waals surface area contributed by atoms with E-state index < -0.39 is 4.92 Å². The fourth-order valence-corrected chi connectivity index (χ4v) is 3.45. The fraction of sp³-hybridized carbons (Fsp3) is 0.0667. The number of nitro groups is 1. The maximum absolute atomic E-state index is 12.2. The Kier molecular flexibility index (Phi) is 2.82. The number of thiophene rings is 1. The Balaban J connectivity index is 1.80. The van der Waals surface area contributed by atoms with Crippen molar-refractivity contribution in [2.24, 2.45) is 4.99 Å². The van der Waals surface area contributed by atoms with Crippen molar-refractivity contribution < 1.29 is 9.72 Å². The molecule has 4 rings (SSSR count). The highest BCUT2D eigenvalue weighted by molar-refractivity contribution is 7.16. The molecule has 2 aromatic rings. The van der Waals surface area contributed by atoms with Gasteiger partial charge in [0.25, 0.3) is 5.91 Å². The maximum Gasteiger partial charge on any atom is 0.324 e. The molecule has 0 N–H and O–H groups in total. The molecule has 23 heavy (non-hydrogen) atoms. The van der Waals surface area contributed by atoms with E-state index in [1.165, 1.54) is 6.07 Å². The Hall–Kier alpha value is -3.00. The number of rotatable bonds is 2. The van der Waals surface area contributed by atoms with Gasteiger partial charge in [0.1, 0.15) is 5.70 Å². The minimum atomic E-state index is -0.440. The Morgan fingerprint density at radius 2 is 1.96 bits per heavy atom. The molecule has 2 aliphatic heterocycles. The van der Waals surface area contributed by atoms with Crippen molar-refractivity contribution in [3.63, 3.8) is 0 Å². The predicted octanol–water partition coefficient (Wildman–Crippen LogP) is 2.85. The molecule has 0 saturated carbocycles. The summed E-state index contributed by atoms with van der Waals surface area (Å²) in [5.41, 5.74) is 2.23. The number of guanidine groups is 1. The molecule has 0 aliphatic carbocycles. The summed E-state index contributed by atoms with van der Waals surface area (Å²) in [4.78, 5) is 31.0. The van der Waals surface area contributed by atoms with Crippen molar-refractivity contribution in [2.45, 2.75) is 0 Å². The average Bonchev–Trinajstić information content (AvgIpc) is 3.19. The second kappa shape index (κ2) is 4.75. The van der Waals surface area contributed by atoms with Crippen LogP contribution in [0.1, 0.15) is 4.88 Å². The van der Waals surface area contributed by atoms with Crippen LogP contribution in [-0.4, -0.2) is 23.8 Å². The van der Waals surface area contributed by atoms with Crippen LogP contribution in [0.2, 0.25) is 0 Å². The van der Waals surface area contributed by atoms with Crippen molar-refractivity contribution in [1.82, 2.24) is 0 Å². The summed E-state index contributed by atoms with van der Waals surface area (Å²) in [6.45, 7) is 0. The van der Waals surface area contributed by atoms with Gasteiger partial charge in [0.2, 0.25) is 5.96 Å². The highest BCUT2D eigenvalue weighted by Crippen LogP contribution is 2.42. The Morgan fingerprint density at radius 3 is 2.65 bits per heavy atom. The second-order valence-electron chi connectivity index (χ2n) is 5.06. The molecule has 1 aromatic carbocycles. The standard InChI is InChI=1S/C15H10N4O3S/c1-17-10-4-2-3-5-11(10)18-12(14(20)16-15(17)18)8-9-6-7-13(23-9)19(21)22/h2-8H,1H3. The van der Waals surface area contributed by atoms with Gasteiger partial charge in [0.15, 0.2) is 0 Å². The quantitative estimate of drug-likeness (QED) is 0.482. The van der Waals surface area contributed by atoms with Crippen LogP contribution in [0, 0.1) is 10.1 Å². The fourth-order valence-electron chi connectivity index (χ4n) is 2.69. The number of anilines is 2. The number of amides is 1. The summed E-state index contributed by atoms with van der Waals surface area (Å²) in [5.74, 6) is 0.200. The van der Waals surface area contributed by atoms with Crippen molar-refractivity contribution in [1.29, 1.82) is 0 Å². The molecule has 8 heteroatoms. The van der Waals surface area contributed by atoms with Crippen LogP contribution in [0.25, 0.3) is 6.08 Å². The zero-order valence-electron chi connectivity index (χ0n) is 12.0. The summed E-state index contributed by atoms with van der Waals surface area (Å²) in [6, 6.07) is 10.7. The molecule has 3 heterocycles. The molecular weight excluding hydrogens is 316 g/mol. The summed E-state index contributed by atoms with van der Waals surface area (Å²) in [7, 11) is 1.85. The van der Waals surface area contributed by atoms with Gasteiger partial charge in [0.05, 0.1) is 16.3 Å². The minimum absolute atomic E-state index is 0.0439. The van der Waals surface area contributed by atoms with Crippen LogP contribution in [0.3, 0.4) is 0 Å². The van der Waals surface area contributed by atoms with E-state index in [1.54, 1.807) is 17.0 Å². The topological polar surface area (TPSA) is 79.0 Å². The van der Waals surface area contributed by atoms with Gasteiger partial charge in [-0.3, -0.25) is 19.8 Å². The van der Waals surface area contributed by atoms with Crippen LogP contribution in [-0.2, 0) is 4.79 Å².